The monoisotopic (exact) mass is 449 g/mol. The highest BCUT2D eigenvalue weighted by molar-refractivity contribution is 6.45. The first-order valence-corrected chi connectivity index (χ1v) is 11.2. The highest BCUT2D eigenvalue weighted by atomic mass is 16.5. The molecule has 7 heteroatoms. The maximum Gasteiger partial charge on any atom is 0.282 e. The van der Waals surface area contributed by atoms with Crippen molar-refractivity contribution >= 4 is 23.1 Å². The maximum absolute atomic E-state index is 13.9. The zero-order valence-corrected chi connectivity index (χ0v) is 19.9. The molecule has 0 N–H and O–H groups in total. The molecule has 1 fully saturated rings. The van der Waals surface area contributed by atoms with Crippen LogP contribution in [0.1, 0.15) is 24.0 Å². The fourth-order valence-electron chi connectivity index (χ4n) is 4.62. The molecule has 4 rings (SSSR count). The van der Waals surface area contributed by atoms with Crippen molar-refractivity contribution in [2.75, 3.05) is 46.3 Å². The number of amides is 2. The van der Waals surface area contributed by atoms with Crippen LogP contribution in [0.5, 0.6) is 11.5 Å². The number of imide groups is 1. The molecule has 7 nitrogen and oxygen atoms in total. The summed E-state index contributed by atoms with van der Waals surface area (Å²) in [5.41, 5.74) is 2.94. The Labute approximate surface area is 195 Å². The van der Waals surface area contributed by atoms with Crippen molar-refractivity contribution in [2.45, 2.75) is 25.8 Å². The summed E-state index contributed by atoms with van der Waals surface area (Å²) in [7, 11) is 7.18. The summed E-state index contributed by atoms with van der Waals surface area (Å²) in [5.74, 6) is 0.512. The van der Waals surface area contributed by atoms with Crippen LogP contribution in [0, 0.1) is 6.92 Å². The minimum absolute atomic E-state index is 0.181. The van der Waals surface area contributed by atoms with E-state index in [9.17, 15) is 9.59 Å². The molecule has 174 valence electrons. The number of likely N-dealkylation sites (tertiary alicyclic amines) is 1. The number of nitrogens with zero attached hydrogens (tertiary/aromatic N) is 3. The Morgan fingerprint density at radius 3 is 2.21 bits per heavy atom. The molecule has 2 aliphatic rings. The van der Waals surface area contributed by atoms with Crippen LogP contribution in [0.4, 0.5) is 5.69 Å². The van der Waals surface area contributed by atoms with Gasteiger partial charge in [-0.25, -0.2) is 4.90 Å². The largest absolute Gasteiger partial charge is 0.497 e. The Hall–Kier alpha value is -3.32. The van der Waals surface area contributed by atoms with Gasteiger partial charge in [0.15, 0.2) is 0 Å². The number of carbonyl (C=O) groups excluding carboxylic acids is 2. The summed E-state index contributed by atoms with van der Waals surface area (Å²) < 4.78 is 10.8. The van der Waals surface area contributed by atoms with E-state index < -0.39 is 0 Å². The van der Waals surface area contributed by atoms with E-state index in [2.05, 4.69) is 11.9 Å². The SMILES string of the molecule is COc1ccc(C2=C(N(C)C3CCN(C)CC3)C(=O)N(c3cc(C)ccc3OC)C2=O)cc1. The van der Waals surface area contributed by atoms with E-state index in [0.717, 1.165) is 31.5 Å². The Morgan fingerprint density at radius 1 is 0.939 bits per heavy atom. The van der Waals surface area contributed by atoms with E-state index >= 15 is 0 Å². The molecule has 2 heterocycles. The van der Waals surface area contributed by atoms with Crippen LogP contribution in [0.2, 0.25) is 0 Å². The van der Waals surface area contributed by atoms with Crippen molar-refractivity contribution in [3.05, 3.63) is 59.3 Å². The summed E-state index contributed by atoms with van der Waals surface area (Å²) in [4.78, 5) is 33.2. The zero-order valence-electron chi connectivity index (χ0n) is 19.9. The third kappa shape index (κ3) is 4.20. The minimum Gasteiger partial charge on any atom is -0.497 e. The second-order valence-electron chi connectivity index (χ2n) is 8.72. The molecule has 0 atom stereocenters. The van der Waals surface area contributed by atoms with Gasteiger partial charge in [-0.05, 0) is 75.3 Å². The normalized spacial score (nSPS) is 17.7. The Kier molecular flexibility index (Phi) is 6.42. The molecule has 2 aromatic carbocycles. The van der Waals surface area contributed by atoms with Gasteiger partial charge in [-0.1, -0.05) is 18.2 Å². The van der Waals surface area contributed by atoms with Gasteiger partial charge in [0.1, 0.15) is 17.2 Å². The standard InChI is InChI=1S/C26H31N3O4/c1-17-6-11-22(33-5)21(16-17)29-25(30)23(18-7-9-20(32-4)10-8-18)24(26(29)31)28(3)19-12-14-27(2)15-13-19/h6-11,16,19H,12-15H2,1-5H3. The molecule has 2 amide bonds. The number of hydrogen-bond acceptors (Lipinski definition) is 6. The number of rotatable bonds is 6. The van der Waals surface area contributed by atoms with Crippen molar-refractivity contribution < 1.29 is 19.1 Å². The van der Waals surface area contributed by atoms with Crippen LogP contribution in [-0.4, -0.2) is 69.1 Å². The van der Waals surface area contributed by atoms with E-state index in [-0.39, 0.29) is 17.9 Å². The smallest absolute Gasteiger partial charge is 0.282 e. The van der Waals surface area contributed by atoms with Crippen molar-refractivity contribution in [3.63, 3.8) is 0 Å². The van der Waals surface area contributed by atoms with Crippen molar-refractivity contribution in [1.29, 1.82) is 0 Å². The third-order valence-electron chi connectivity index (χ3n) is 6.60. The lowest BCUT2D eigenvalue weighted by atomic mass is 10.00. The predicted octanol–water partition coefficient (Wildman–Crippen LogP) is 3.32. The second kappa shape index (κ2) is 9.27. The number of ether oxygens (including phenoxy) is 2. The van der Waals surface area contributed by atoms with Crippen LogP contribution in [0.25, 0.3) is 5.57 Å². The average molecular weight is 450 g/mol. The summed E-state index contributed by atoms with van der Waals surface area (Å²) in [6, 6.07) is 13.0. The number of anilines is 1. The molecule has 1 saturated heterocycles. The van der Waals surface area contributed by atoms with Gasteiger partial charge in [0.25, 0.3) is 11.8 Å². The summed E-state index contributed by atoms with van der Waals surface area (Å²) in [5, 5.41) is 0. The van der Waals surface area contributed by atoms with Crippen molar-refractivity contribution in [3.8, 4) is 11.5 Å². The average Bonchev–Trinajstić information content (AvgIpc) is 3.08. The van der Waals surface area contributed by atoms with Crippen molar-refractivity contribution in [2.24, 2.45) is 0 Å². The van der Waals surface area contributed by atoms with E-state index in [1.54, 1.807) is 20.3 Å². The van der Waals surface area contributed by atoms with E-state index in [1.807, 2.05) is 55.3 Å². The number of aryl methyl sites for hydroxylation is 1. The van der Waals surface area contributed by atoms with E-state index in [4.69, 9.17) is 9.47 Å². The number of likely N-dealkylation sites (N-methyl/N-ethyl adjacent to an activating group) is 1. The number of benzene rings is 2. The molecule has 0 saturated carbocycles. The van der Waals surface area contributed by atoms with Crippen LogP contribution in [-0.2, 0) is 9.59 Å². The van der Waals surface area contributed by atoms with Crippen molar-refractivity contribution in [1.82, 2.24) is 9.80 Å². The minimum atomic E-state index is -0.344. The van der Waals surface area contributed by atoms with Gasteiger partial charge >= 0.3 is 0 Å². The number of methoxy groups -OCH3 is 2. The van der Waals surface area contributed by atoms with Crippen LogP contribution >= 0.6 is 0 Å². The Balaban J connectivity index is 1.82. The summed E-state index contributed by atoms with van der Waals surface area (Å²) in [6.45, 7) is 3.84. The number of piperidine rings is 1. The summed E-state index contributed by atoms with van der Waals surface area (Å²) >= 11 is 0. The van der Waals surface area contributed by atoms with Gasteiger partial charge < -0.3 is 19.3 Å². The molecule has 2 aromatic rings. The third-order valence-corrected chi connectivity index (χ3v) is 6.60. The van der Waals surface area contributed by atoms with Gasteiger partial charge in [0.2, 0.25) is 0 Å². The second-order valence-corrected chi connectivity index (χ2v) is 8.72. The Morgan fingerprint density at radius 2 is 1.61 bits per heavy atom. The first kappa shape index (κ1) is 22.9. The van der Waals surface area contributed by atoms with Crippen LogP contribution in [0.3, 0.4) is 0 Å². The quantitative estimate of drug-likeness (QED) is 0.631. The molecule has 0 spiro atoms. The lowest BCUT2D eigenvalue weighted by Gasteiger charge is -2.36. The number of carbonyl (C=O) groups is 2. The molecule has 2 aliphatic heterocycles. The molecular weight excluding hydrogens is 418 g/mol. The molecule has 0 unspecified atom stereocenters. The molecular formula is C26H31N3O4. The van der Waals surface area contributed by atoms with Gasteiger partial charge in [0.05, 0.1) is 25.5 Å². The zero-order chi connectivity index (χ0) is 23.7. The topological polar surface area (TPSA) is 62.3 Å². The van der Waals surface area contributed by atoms with Crippen LogP contribution < -0.4 is 14.4 Å². The summed E-state index contributed by atoms with van der Waals surface area (Å²) in [6.07, 6.45) is 1.86. The van der Waals surface area contributed by atoms with Gasteiger partial charge in [-0.15, -0.1) is 0 Å². The molecule has 0 aliphatic carbocycles. The van der Waals surface area contributed by atoms with Gasteiger partial charge in [0, 0.05) is 13.1 Å². The van der Waals surface area contributed by atoms with E-state index in [1.165, 1.54) is 4.90 Å². The molecule has 33 heavy (non-hydrogen) atoms. The molecule has 0 radical (unpaired) electrons. The fraction of sp³-hybridized carbons (Fsp3) is 0.385. The van der Waals surface area contributed by atoms with E-state index in [0.29, 0.717) is 34.0 Å². The first-order chi connectivity index (χ1) is 15.8. The van der Waals surface area contributed by atoms with Gasteiger partial charge in [-0.3, -0.25) is 9.59 Å². The van der Waals surface area contributed by atoms with Crippen LogP contribution in [0.15, 0.2) is 48.2 Å². The predicted molar refractivity (Wildman–Crippen MR) is 128 cm³/mol. The Bertz CT molecular complexity index is 1090. The number of hydrogen-bond donors (Lipinski definition) is 0. The van der Waals surface area contributed by atoms with Gasteiger partial charge in [-0.2, -0.15) is 0 Å². The lowest BCUT2D eigenvalue weighted by molar-refractivity contribution is -0.120. The lowest BCUT2D eigenvalue weighted by Crippen LogP contribution is -2.43. The molecule has 0 aromatic heterocycles. The highest BCUT2D eigenvalue weighted by Crippen LogP contribution is 2.40. The fourth-order valence-corrected chi connectivity index (χ4v) is 4.62. The maximum atomic E-state index is 13.9. The highest BCUT2D eigenvalue weighted by Gasteiger charge is 2.44. The molecule has 0 bridgehead atoms. The first-order valence-electron chi connectivity index (χ1n) is 11.2.